The summed E-state index contributed by atoms with van der Waals surface area (Å²) in [6, 6.07) is 0. The molecule has 2 N–H and O–H groups in total. The SMILES string of the molecule is C=N/C(S)=N\N=C(/N)S. The van der Waals surface area contributed by atoms with E-state index in [0.717, 1.165) is 0 Å². The van der Waals surface area contributed by atoms with Gasteiger partial charge in [0, 0.05) is 0 Å². The molecule has 0 saturated heterocycles. The van der Waals surface area contributed by atoms with Gasteiger partial charge >= 0.3 is 0 Å². The minimum Gasteiger partial charge on any atom is -0.377 e. The van der Waals surface area contributed by atoms with Crippen molar-refractivity contribution in [1.29, 1.82) is 0 Å². The van der Waals surface area contributed by atoms with Gasteiger partial charge in [-0.15, -0.1) is 35.5 Å². The van der Waals surface area contributed by atoms with Crippen LogP contribution in [0.1, 0.15) is 0 Å². The first kappa shape index (κ1) is 8.51. The van der Waals surface area contributed by atoms with Gasteiger partial charge in [0.15, 0.2) is 5.17 Å². The predicted molar refractivity (Wildman–Crippen MR) is 46.6 cm³/mol. The number of rotatable bonds is 1. The van der Waals surface area contributed by atoms with Crippen molar-refractivity contribution in [2.75, 3.05) is 0 Å². The standard InChI is InChI=1S/C3H6N4S2/c1-5-3(9)7-6-2(4)8/h1H2,(H,7,9)(H3,4,6,8). The summed E-state index contributed by atoms with van der Waals surface area (Å²) < 4.78 is 0. The van der Waals surface area contributed by atoms with Crippen molar-refractivity contribution in [3.8, 4) is 0 Å². The van der Waals surface area contributed by atoms with Crippen LogP contribution in [0.15, 0.2) is 15.2 Å². The van der Waals surface area contributed by atoms with Crippen LogP contribution in [0.2, 0.25) is 0 Å². The maximum atomic E-state index is 5.01. The van der Waals surface area contributed by atoms with Crippen molar-refractivity contribution >= 4 is 42.3 Å². The number of nitrogens with two attached hydrogens (primary N) is 1. The Labute approximate surface area is 63.8 Å². The lowest BCUT2D eigenvalue weighted by molar-refractivity contribution is 1.24. The summed E-state index contributed by atoms with van der Waals surface area (Å²) in [6.07, 6.45) is 0. The Morgan fingerprint density at radius 1 is 1.33 bits per heavy atom. The van der Waals surface area contributed by atoms with Gasteiger partial charge in [0.1, 0.15) is 0 Å². The second-order valence-electron chi connectivity index (χ2n) is 1.02. The Hall–Kier alpha value is -0.490. The monoisotopic (exact) mass is 162 g/mol. The molecule has 0 saturated carbocycles. The van der Waals surface area contributed by atoms with Gasteiger partial charge in [-0.1, -0.05) is 0 Å². The van der Waals surface area contributed by atoms with Crippen LogP contribution in [0.25, 0.3) is 0 Å². The van der Waals surface area contributed by atoms with Crippen LogP contribution in [0, 0.1) is 0 Å². The zero-order chi connectivity index (χ0) is 7.28. The first-order valence-corrected chi connectivity index (χ1v) is 2.82. The molecule has 0 amide bonds. The fourth-order valence-electron chi connectivity index (χ4n) is 0.128. The van der Waals surface area contributed by atoms with Crippen LogP contribution < -0.4 is 5.73 Å². The number of amidine groups is 2. The molecule has 4 nitrogen and oxygen atoms in total. The number of aliphatic imine (C=N–C) groups is 1. The molecule has 0 atom stereocenters. The second-order valence-corrected chi connectivity index (χ2v) is 1.87. The molecule has 0 radical (unpaired) electrons. The Morgan fingerprint density at radius 3 is 2.22 bits per heavy atom. The predicted octanol–water partition coefficient (Wildman–Crippen LogP) is 0.132. The highest BCUT2D eigenvalue weighted by atomic mass is 32.1. The number of thiol groups is 2. The molecule has 0 aliphatic carbocycles. The van der Waals surface area contributed by atoms with E-state index < -0.39 is 0 Å². The van der Waals surface area contributed by atoms with Gasteiger partial charge in [-0.3, -0.25) is 0 Å². The first-order chi connectivity index (χ1) is 4.16. The molecule has 0 rings (SSSR count). The second kappa shape index (κ2) is 4.39. The van der Waals surface area contributed by atoms with Crippen LogP contribution in [-0.2, 0) is 0 Å². The molecule has 50 valence electrons. The molecule has 0 unspecified atom stereocenters. The zero-order valence-corrected chi connectivity index (χ0v) is 6.31. The molecule has 0 heterocycles. The van der Waals surface area contributed by atoms with Gasteiger partial charge in [-0.2, -0.15) is 0 Å². The third-order valence-electron chi connectivity index (χ3n) is 0.383. The summed E-state index contributed by atoms with van der Waals surface area (Å²) >= 11 is 7.37. The van der Waals surface area contributed by atoms with Crippen LogP contribution in [0.5, 0.6) is 0 Å². The third kappa shape index (κ3) is 5.38. The van der Waals surface area contributed by atoms with E-state index in [-0.39, 0.29) is 10.3 Å². The van der Waals surface area contributed by atoms with Crippen molar-refractivity contribution in [3.05, 3.63) is 0 Å². The van der Waals surface area contributed by atoms with Crippen molar-refractivity contribution in [2.24, 2.45) is 20.9 Å². The Balaban J connectivity index is 3.98. The highest BCUT2D eigenvalue weighted by Gasteiger charge is 1.80. The van der Waals surface area contributed by atoms with Gasteiger partial charge in [0.05, 0.1) is 0 Å². The Kier molecular flexibility index (Phi) is 4.16. The lowest BCUT2D eigenvalue weighted by atomic mass is 11.2. The maximum absolute atomic E-state index is 5.01. The molecule has 9 heavy (non-hydrogen) atoms. The summed E-state index contributed by atoms with van der Waals surface area (Å²) in [5, 5.41) is 6.93. The minimum absolute atomic E-state index is 0.0604. The van der Waals surface area contributed by atoms with E-state index in [1.54, 1.807) is 0 Å². The summed E-state index contributed by atoms with van der Waals surface area (Å²) in [5.41, 5.74) is 5.01. The van der Waals surface area contributed by atoms with Gasteiger partial charge in [-0.25, -0.2) is 4.99 Å². The molecule has 0 spiro atoms. The van der Waals surface area contributed by atoms with E-state index in [2.05, 4.69) is 47.2 Å². The minimum atomic E-state index is 0.0604. The van der Waals surface area contributed by atoms with E-state index in [1.165, 1.54) is 0 Å². The number of hydrogen-bond acceptors (Lipinski definition) is 2. The molecule has 0 bridgehead atoms. The molecular weight excluding hydrogens is 156 g/mol. The lowest BCUT2D eigenvalue weighted by Gasteiger charge is -1.83. The number of nitrogens with zero attached hydrogens (tertiary/aromatic N) is 3. The molecule has 6 heteroatoms. The summed E-state index contributed by atoms with van der Waals surface area (Å²) in [4.78, 5) is 3.33. The van der Waals surface area contributed by atoms with Gasteiger partial charge in [0.25, 0.3) is 0 Å². The molecule has 0 aromatic carbocycles. The summed E-state index contributed by atoms with van der Waals surface area (Å²) in [6.45, 7) is 3.15. The van der Waals surface area contributed by atoms with Crippen LogP contribution in [-0.4, -0.2) is 17.1 Å². The summed E-state index contributed by atoms with van der Waals surface area (Å²) in [5.74, 6) is 0. The molecule has 0 fully saturated rings. The van der Waals surface area contributed by atoms with Crippen molar-refractivity contribution in [1.82, 2.24) is 0 Å². The average Bonchev–Trinajstić information content (AvgIpc) is 1.83. The van der Waals surface area contributed by atoms with Crippen LogP contribution in [0.3, 0.4) is 0 Å². The van der Waals surface area contributed by atoms with Gasteiger partial charge in [0.2, 0.25) is 5.17 Å². The Bertz CT molecular complexity index is 157. The molecular formula is C3H6N4S2. The highest BCUT2D eigenvalue weighted by molar-refractivity contribution is 7.97. The Morgan fingerprint density at radius 2 is 1.89 bits per heavy atom. The number of hydrogen-bond donors (Lipinski definition) is 3. The van der Waals surface area contributed by atoms with E-state index in [9.17, 15) is 0 Å². The van der Waals surface area contributed by atoms with Crippen LogP contribution in [0.4, 0.5) is 0 Å². The largest absolute Gasteiger partial charge is 0.377 e. The maximum Gasteiger partial charge on any atom is 0.205 e. The third-order valence-corrected chi connectivity index (χ3v) is 0.704. The quantitative estimate of drug-likeness (QED) is 0.218. The van der Waals surface area contributed by atoms with E-state index >= 15 is 0 Å². The molecule has 0 aromatic heterocycles. The van der Waals surface area contributed by atoms with Gasteiger partial charge in [-0.05, 0) is 6.72 Å². The van der Waals surface area contributed by atoms with Crippen molar-refractivity contribution in [2.45, 2.75) is 0 Å². The topological polar surface area (TPSA) is 63.1 Å². The van der Waals surface area contributed by atoms with Crippen LogP contribution >= 0.6 is 25.3 Å². The van der Waals surface area contributed by atoms with E-state index in [4.69, 9.17) is 5.73 Å². The average molecular weight is 162 g/mol. The van der Waals surface area contributed by atoms with E-state index in [1.807, 2.05) is 0 Å². The smallest absolute Gasteiger partial charge is 0.205 e. The summed E-state index contributed by atoms with van der Waals surface area (Å²) in [7, 11) is 0. The molecule has 0 aliphatic rings. The van der Waals surface area contributed by atoms with Crippen molar-refractivity contribution < 1.29 is 0 Å². The molecule has 0 aromatic rings. The van der Waals surface area contributed by atoms with Gasteiger partial charge < -0.3 is 5.73 Å². The van der Waals surface area contributed by atoms with E-state index in [0.29, 0.717) is 0 Å². The molecule has 0 aliphatic heterocycles. The highest BCUT2D eigenvalue weighted by Crippen LogP contribution is 1.86. The normalized spacial score (nSPS) is 13.6. The first-order valence-electron chi connectivity index (χ1n) is 1.92. The lowest BCUT2D eigenvalue weighted by Crippen LogP contribution is -2.00. The fourth-order valence-corrected chi connectivity index (χ4v) is 0.217. The van der Waals surface area contributed by atoms with Crippen molar-refractivity contribution in [3.63, 3.8) is 0 Å². The fraction of sp³-hybridized carbons (Fsp3) is 0. The zero-order valence-electron chi connectivity index (χ0n) is 4.52.